The van der Waals surface area contributed by atoms with Gasteiger partial charge in [0.1, 0.15) is 5.82 Å². The van der Waals surface area contributed by atoms with Crippen LogP contribution in [0, 0.1) is 5.82 Å². The van der Waals surface area contributed by atoms with E-state index in [0.29, 0.717) is 55.7 Å². The van der Waals surface area contributed by atoms with Crippen molar-refractivity contribution in [3.05, 3.63) is 65.2 Å². The van der Waals surface area contributed by atoms with Gasteiger partial charge in [-0.25, -0.2) is 19.3 Å². The second-order valence-corrected chi connectivity index (χ2v) is 7.88. The quantitative estimate of drug-likeness (QED) is 0.634. The zero-order valence-corrected chi connectivity index (χ0v) is 17.5. The summed E-state index contributed by atoms with van der Waals surface area (Å²) in [5.74, 6) is 0.0237. The van der Waals surface area contributed by atoms with Crippen molar-refractivity contribution in [2.45, 2.75) is 12.8 Å². The first-order valence-electron chi connectivity index (χ1n) is 9.89. The van der Waals surface area contributed by atoms with Crippen molar-refractivity contribution in [2.75, 3.05) is 36.4 Å². The molecular weight excluding hydrogens is 419 g/mol. The van der Waals surface area contributed by atoms with Crippen LogP contribution in [-0.4, -0.2) is 57.8 Å². The standard InChI is InChI=1S/C21H21FN6O2S/c22-16-4-2-15(3-5-16)19(30)26-21-25-17(14-31-21)6-7-18(29)27-10-12-28(13-11-27)20-23-8-1-9-24-20/h1-5,8-9,14H,6-7,10-13H2,(H,25,26,30). The minimum absolute atomic E-state index is 0.0820. The summed E-state index contributed by atoms with van der Waals surface area (Å²) < 4.78 is 13.0. The third-order valence-electron chi connectivity index (χ3n) is 4.94. The highest BCUT2D eigenvalue weighted by Gasteiger charge is 2.22. The molecular formula is C21H21FN6O2S. The summed E-state index contributed by atoms with van der Waals surface area (Å²) in [7, 11) is 0. The molecule has 1 saturated heterocycles. The molecule has 31 heavy (non-hydrogen) atoms. The number of nitrogens with one attached hydrogen (secondary N) is 1. The van der Waals surface area contributed by atoms with E-state index in [4.69, 9.17) is 0 Å². The number of carbonyl (C=O) groups excluding carboxylic acids is 2. The van der Waals surface area contributed by atoms with Gasteiger partial charge in [0.15, 0.2) is 5.13 Å². The Labute approximate surface area is 182 Å². The lowest BCUT2D eigenvalue weighted by Gasteiger charge is -2.34. The average molecular weight is 441 g/mol. The predicted octanol–water partition coefficient (Wildman–Crippen LogP) is 2.61. The number of aryl methyl sites for hydroxylation is 1. The highest BCUT2D eigenvalue weighted by atomic mass is 32.1. The van der Waals surface area contributed by atoms with Gasteiger partial charge in [-0.2, -0.15) is 0 Å². The number of aromatic nitrogens is 3. The molecule has 2 aromatic heterocycles. The van der Waals surface area contributed by atoms with E-state index in [-0.39, 0.29) is 11.8 Å². The fourth-order valence-electron chi connectivity index (χ4n) is 3.25. The number of rotatable bonds is 6. The van der Waals surface area contributed by atoms with Crippen molar-refractivity contribution < 1.29 is 14.0 Å². The van der Waals surface area contributed by atoms with Gasteiger partial charge in [-0.3, -0.25) is 14.9 Å². The number of carbonyl (C=O) groups is 2. The lowest BCUT2D eigenvalue weighted by Crippen LogP contribution is -2.49. The summed E-state index contributed by atoms with van der Waals surface area (Å²) in [6.45, 7) is 2.66. The van der Waals surface area contributed by atoms with Crippen molar-refractivity contribution in [3.63, 3.8) is 0 Å². The molecule has 1 aliphatic rings. The van der Waals surface area contributed by atoms with Crippen molar-refractivity contribution in [1.82, 2.24) is 19.9 Å². The Hall–Kier alpha value is -3.40. The van der Waals surface area contributed by atoms with E-state index >= 15 is 0 Å². The lowest BCUT2D eigenvalue weighted by molar-refractivity contribution is -0.131. The molecule has 160 valence electrons. The Balaban J connectivity index is 1.23. The van der Waals surface area contributed by atoms with E-state index in [1.165, 1.54) is 35.6 Å². The number of benzene rings is 1. The van der Waals surface area contributed by atoms with Crippen LogP contribution in [-0.2, 0) is 11.2 Å². The van der Waals surface area contributed by atoms with Crippen LogP contribution in [0.1, 0.15) is 22.5 Å². The van der Waals surface area contributed by atoms with Crippen LogP contribution < -0.4 is 10.2 Å². The Morgan fingerprint density at radius 2 is 1.77 bits per heavy atom. The lowest BCUT2D eigenvalue weighted by atomic mass is 10.2. The number of thiazole rings is 1. The number of hydrogen-bond acceptors (Lipinski definition) is 7. The monoisotopic (exact) mass is 440 g/mol. The van der Waals surface area contributed by atoms with Crippen LogP contribution >= 0.6 is 11.3 Å². The van der Waals surface area contributed by atoms with Gasteiger partial charge >= 0.3 is 0 Å². The smallest absolute Gasteiger partial charge is 0.257 e. The molecule has 3 heterocycles. The summed E-state index contributed by atoms with van der Waals surface area (Å²) in [4.78, 5) is 41.6. The maximum Gasteiger partial charge on any atom is 0.257 e. The van der Waals surface area contributed by atoms with E-state index in [1.54, 1.807) is 18.5 Å². The van der Waals surface area contributed by atoms with E-state index in [0.717, 1.165) is 5.69 Å². The molecule has 1 fully saturated rings. The first-order valence-corrected chi connectivity index (χ1v) is 10.8. The number of amides is 2. The van der Waals surface area contributed by atoms with Gasteiger partial charge in [0.25, 0.3) is 5.91 Å². The highest BCUT2D eigenvalue weighted by Crippen LogP contribution is 2.18. The third-order valence-corrected chi connectivity index (χ3v) is 5.75. The largest absolute Gasteiger partial charge is 0.339 e. The average Bonchev–Trinajstić information content (AvgIpc) is 3.26. The molecule has 1 aliphatic heterocycles. The fourth-order valence-corrected chi connectivity index (χ4v) is 3.99. The Morgan fingerprint density at radius 3 is 2.48 bits per heavy atom. The molecule has 3 aromatic rings. The molecule has 8 nitrogen and oxygen atoms in total. The van der Waals surface area contributed by atoms with Gasteiger partial charge in [-0.1, -0.05) is 0 Å². The van der Waals surface area contributed by atoms with Gasteiger partial charge in [0, 0.05) is 55.9 Å². The summed E-state index contributed by atoms with van der Waals surface area (Å²) in [5, 5.41) is 4.99. The topological polar surface area (TPSA) is 91.3 Å². The molecule has 1 aromatic carbocycles. The van der Waals surface area contributed by atoms with Crippen molar-refractivity contribution >= 4 is 34.2 Å². The Kier molecular flexibility index (Phi) is 6.46. The van der Waals surface area contributed by atoms with Gasteiger partial charge in [-0.05, 0) is 36.8 Å². The van der Waals surface area contributed by atoms with Crippen molar-refractivity contribution in [1.29, 1.82) is 0 Å². The summed E-state index contributed by atoms with van der Waals surface area (Å²) >= 11 is 1.30. The SMILES string of the molecule is O=C(Nc1nc(CCC(=O)N2CCN(c3ncccn3)CC2)cs1)c1ccc(F)cc1. The molecule has 0 spiro atoms. The second kappa shape index (κ2) is 9.61. The number of piperazine rings is 1. The zero-order chi connectivity index (χ0) is 21.6. The summed E-state index contributed by atoms with van der Waals surface area (Å²) in [5.41, 5.74) is 1.11. The molecule has 1 N–H and O–H groups in total. The first kappa shape index (κ1) is 20.9. The number of nitrogens with zero attached hydrogens (tertiary/aromatic N) is 5. The first-order chi connectivity index (χ1) is 15.1. The number of anilines is 2. The maximum atomic E-state index is 13.0. The van der Waals surface area contributed by atoms with Crippen LogP contribution in [0.25, 0.3) is 0 Å². The van der Waals surface area contributed by atoms with Crippen LogP contribution in [0.2, 0.25) is 0 Å². The Morgan fingerprint density at radius 1 is 1.06 bits per heavy atom. The normalized spacial score (nSPS) is 13.8. The van der Waals surface area contributed by atoms with Gasteiger partial charge < -0.3 is 9.80 Å². The molecule has 4 rings (SSSR count). The number of hydrogen-bond donors (Lipinski definition) is 1. The van der Waals surface area contributed by atoms with Crippen LogP contribution in [0.4, 0.5) is 15.5 Å². The molecule has 0 radical (unpaired) electrons. The van der Waals surface area contributed by atoms with E-state index < -0.39 is 5.82 Å². The minimum atomic E-state index is -0.396. The molecule has 0 atom stereocenters. The molecule has 0 aliphatic carbocycles. The predicted molar refractivity (Wildman–Crippen MR) is 116 cm³/mol. The van der Waals surface area contributed by atoms with Crippen molar-refractivity contribution in [3.8, 4) is 0 Å². The van der Waals surface area contributed by atoms with Crippen LogP contribution in [0.5, 0.6) is 0 Å². The van der Waals surface area contributed by atoms with Gasteiger partial charge in [0.2, 0.25) is 11.9 Å². The van der Waals surface area contributed by atoms with Crippen molar-refractivity contribution in [2.24, 2.45) is 0 Å². The molecule has 2 amide bonds. The maximum absolute atomic E-state index is 13.0. The van der Waals surface area contributed by atoms with Gasteiger partial charge in [0.05, 0.1) is 5.69 Å². The summed E-state index contributed by atoms with van der Waals surface area (Å²) in [6, 6.07) is 7.09. The van der Waals surface area contributed by atoms with Gasteiger partial charge in [-0.15, -0.1) is 11.3 Å². The van der Waals surface area contributed by atoms with Crippen LogP contribution in [0.15, 0.2) is 48.1 Å². The van der Waals surface area contributed by atoms with E-state index in [2.05, 4.69) is 25.2 Å². The molecule has 10 heteroatoms. The minimum Gasteiger partial charge on any atom is -0.339 e. The highest BCUT2D eigenvalue weighted by molar-refractivity contribution is 7.14. The molecule has 0 bridgehead atoms. The summed E-state index contributed by atoms with van der Waals surface area (Å²) in [6.07, 6.45) is 4.29. The number of halogens is 1. The zero-order valence-electron chi connectivity index (χ0n) is 16.7. The molecule has 0 saturated carbocycles. The Bertz CT molecular complexity index is 1040. The van der Waals surface area contributed by atoms with E-state index in [9.17, 15) is 14.0 Å². The van der Waals surface area contributed by atoms with E-state index in [1.807, 2.05) is 10.3 Å². The van der Waals surface area contributed by atoms with Crippen LogP contribution in [0.3, 0.4) is 0 Å². The third kappa shape index (κ3) is 5.40. The second-order valence-electron chi connectivity index (χ2n) is 7.02. The fraction of sp³-hybridized carbons (Fsp3) is 0.286. The molecule has 0 unspecified atom stereocenters.